The Morgan fingerprint density at radius 1 is 1.04 bits per heavy atom. The molecule has 6 heteroatoms. The van der Waals surface area contributed by atoms with Gasteiger partial charge >= 0.3 is 0 Å². The van der Waals surface area contributed by atoms with Gasteiger partial charge in [0.2, 0.25) is 11.7 Å². The van der Waals surface area contributed by atoms with Crippen LogP contribution in [0.5, 0.6) is 0 Å². The molecule has 0 spiro atoms. The highest BCUT2D eigenvalue weighted by Gasteiger charge is 2.07. The van der Waals surface area contributed by atoms with Gasteiger partial charge in [0.25, 0.3) is 0 Å². The maximum absolute atomic E-state index is 5.88. The number of aryl methyl sites for hydroxylation is 1. The summed E-state index contributed by atoms with van der Waals surface area (Å²) in [4.78, 5) is 8.40. The maximum Gasteiger partial charge on any atom is 0.226 e. The van der Waals surface area contributed by atoms with Gasteiger partial charge in [-0.2, -0.15) is 16.7 Å². The number of benzene rings is 1. The second kappa shape index (κ2) is 8.13. The van der Waals surface area contributed by atoms with Crippen LogP contribution in [0.3, 0.4) is 0 Å². The molecule has 0 saturated carbocycles. The molecule has 0 N–H and O–H groups in total. The van der Waals surface area contributed by atoms with Crippen LogP contribution >= 0.6 is 23.4 Å². The molecule has 0 bridgehead atoms. The Morgan fingerprint density at radius 3 is 2.61 bits per heavy atom. The lowest BCUT2D eigenvalue weighted by atomic mass is 10.2. The second-order valence-corrected chi connectivity index (χ2v) is 6.57. The largest absolute Gasteiger partial charge is 0.339 e. The number of hydrogen-bond donors (Lipinski definition) is 0. The van der Waals surface area contributed by atoms with Crippen molar-refractivity contribution in [2.45, 2.75) is 18.6 Å². The second-order valence-electron chi connectivity index (χ2n) is 5.03. The molecule has 3 rings (SSSR count). The molecule has 23 heavy (non-hydrogen) atoms. The van der Waals surface area contributed by atoms with E-state index in [0.717, 1.165) is 34.9 Å². The van der Waals surface area contributed by atoms with Crippen molar-refractivity contribution in [2.24, 2.45) is 0 Å². The third kappa shape index (κ3) is 4.81. The molecule has 3 aromatic rings. The average molecular weight is 346 g/mol. The summed E-state index contributed by atoms with van der Waals surface area (Å²) in [5, 5.41) is 4.79. The van der Waals surface area contributed by atoms with Crippen LogP contribution in [-0.2, 0) is 12.2 Å². The summed E-state index contributed by atoms with van der Waals surface area (Å²) in [5.74, 6) is 3.35. The van der Waals surface area contributed by atoms with Gasteiger partial charge in [0.1, 0.15) is 0 Å². The zero-order valence-electron chi connectivity index (χ0n) is 12.5. The molecular formula is C17H16ClN3OS. The van der Waals surface area contributed by atoms with Gasteiger partial charge in [-0.1, -0.05) is 28.9 Å². The Kier molecular flexibility index (Phi) is 5.66. The first-order valence-corrected chi connectivity index (χ1v) is 8.90. The van der Waals surface area contributed by atoms with Gasteiger partial charge in [-0.15, -0.1) is 0 Å². The molecule has 0 aliphatic carbocycles. The predicted octanol–water partition coefficient (Wildman–Crippen LogP) is 4.65. The molecule has 2 heterocycles. The van der Waals surface area contributed by atoms with Gasteiger partial charge < -0.3 is 4.52 Å². The average Bonchev–Trinajstić information content (AvgIpc) is 3.06. The minimum absolute atomic E-state index is 0.621. The summed E-state index contributed by atoms with van der Waals surface area (Å²) in [6, 6.07) is 11.7. The molecule has 118 valence electrons. The fourth-order valence-electron chi connectivity index (χ4n) is 2.07. The first-order valence-electron chi connectivity index (χ1n) is 7.36. The number of hydrogen-bond acceptors (Lipinski definition) is 5. The normalized spacial score (nSPS) is 10.8. The SMILES string of the molecule is Clc1ccc(CSCCCc2nc(-c3ccncc3)no2)cc1. The molecule has 0 saturated heterocycles. The van der Waals surface area contributed by atoms with Crippen LogP contribution in [0, 0.1) is 0 Å². The third-order valence-electron chi connectivity index (χ3n) is 3.27. The minimum Gasteiger partial charge on any atom is -0.339 e. The van der Waals surface area contributed by atoms with Crippen LogP contribution in [0.4, 0.5) is 0 Å². The number of aromatic nitrogens is 3. The standard InChI is InChI=1S/C17H16ClN3OS/c18-15-5-3-13(4-6-15)12-23-11-1-2-16-20-17(21-22-16)14-7-9-19-10-8-14/h3-10H,1-2,11-12H2. The van der Waals surface area contributed by atoms with Crippen molar-refractivity contribution in [3.63, 3.8) is 0 Å². The van der Waals surface area contributed by atoms with Crippen molar-refractivity contribution in [3.05, 3.63) is 65.3 Å². The minimum atomic E-state index is 0.621. The van der Waals surface area contributed by atoms with Crippen LogP contribution in [0.15, 0.2) is 53.3 Å². The molecule has 2 aromatic heterocycles. The molecule has 0 aliphatic heterocycles. The van der Waals surface area contributed by atoms with Crippen LogP contribution in [-0.4, -0.2) is 20.9 Å². The number of rotatable bonds is 7. The van der Waals surface area contributed by atoms with Crippen molar-refractivity contribution in [3.8, 4) is 11.4 Å². The van der Waals surface area contributed by atoms with E-state index in [2.05, 4.69) is 27.3 Å². The van der Waals surface area contributed by atoms with Gasteiger partial charge in [0.05, 0.1) is 0 Å². The monoisotopic (exact) mass is 345 g/mol. The lowest BCUT2D eigenvalue weighted by Gasteiger charge is -2.01. The highest BCUT2D eigenvalue weighted by atomic mass is 35.5. The Labute approximate surface area is 144 Å². The van der Waals surface area contributed by atoms with E-state index in [9.17, 15) is 0 Å². The Bertz CT molecular complexity index is 731. The highest BCUT2D eigenvalue weighted by molar-refractivity contribution is 7.98. The number of pyridine rings is 1. The topological polar surface area (TPSA) is 51.8 Å². The highest BCUT2D eigenvalue weighted by Crippen LogP contribution is 2.18. The molecule has 0 amide bonds. The fourth-order valence-corrected chi connectivity index (χ4v) is 3.12. The van der Waals surface area contributed by atoms with Crippen LogP contribution < -0.4 is 0 Å². The van der Waals surface area contributed by atoms with E-state index in [1.165, 1.54) is 5.56 Å². The number of thioether (sulfide) groups is 1. The Morgan fingerprint density at radius 2 is 1.83 bits per heavy atom. The third-order valence-corrected chi connectivity index (χ3v) is 4.63. The van der Waals surface area contributed by atoms with E-state index >= 15 is 0 Å². The lowest BCUT2D eigenvalue weighted by molar-refractivity contribution is 0.378. The first kappa shape index (κ1) is 16.0. The van der Waals surface area contributed by atoms with Crippen molar-refractivity contribution in [2.75, 3.05) is 5.75 Å². The van der Waals surface area contributed by atoms with Crippen molar-refractivity contribution in [1.29, 1.82) is 0 Å². The van der Waals surface area contributed by atoms with Gasteiger partial charge in [-0.3, -0.25) is 4.98 Å². The van der Waals surface area contributed by atoms with Crippen molar-refractivity contribution in [1.82, 2.24) is 15.1 Å². The maximum atomic E-state index is 5.88. The van der Waals surface area contributed by atoms with Gasteiger partial charge in [-0.25, -0.2) is 0 Å². The van der Waals surface area contributed by atoms with E-state index in [1.54, 1.807) is 12.4 Å². The molecular weight excluding hydrogens is 330 g/mol. The molecule has 0 atom stereocenters. The zero-order chi connectivity index (χ0) is 15.9. The summed E-state index contributed by atoms with van der Waals surface area (Å²) in [6.07, 6.45) is 5.25. The van der Waals surface area contributed by atoms with Gasteiger partial charge in [0.15, 0.2) is 0 Å². The number of halogens is 1. The summed E-state index contributed by atoms with van der Waals surface area (Å²) in [5.41, 5.74) is 2.21. The zero-order valence-corrected chi connectivity index (χ0v) is 14.1. The summed E-state index contributed by atoms with van der Waals surface area (Å²) in [6.45, 7) is 0. The lowest BCUT2D eigenvalue weighted by Crippen LogP contribution is -1.89. The predicted molar refractivity (Wildman–Crippen MR) is 93.5 cm³/mol. The molecule has 0 aliphatic rings. The van der Waals surface area contributed by atoms with E-state index in [4.69, 9.17) is 16.1 Å². The van der Waals surface area contributed by atoms with E-state index in [1.807, 2.05) is 36.0 Å². The van der Waals surface area contributed by atoms with Gasteiger partial charge in [-0.05, 0) is 42.0 Å². The fraction of sp³-hybridized carbons (Fsp3) is 0.235. The molecule has 0 radical (unpaired) electrons. The molecule has 1 aromatic carbocycles. The summed E-state index contributed by atoms with van der Waals surface area (Å²) >= 11 is 7.77. The quantitative estimate of drug-likeness (QED) is 0.583. The van der Waals surface area contributed by atoms with E-state index in [-0.39, 0.29) is 0 Å². The van der Waals surface area contributed by atoms with Crippen LogP contribution in [0.25, 0.3) is 11.4 Å². The summed E-state index contributed by atoms with van der Waals surface area (Å²) < 4.78 is 5.29. The van der Waals surface area contributed by atoms with E-state index < -0.39 is 0 Å². The first-order chi connectivity index (χ1) is 11.3. The number of nitrogens with zero attached hydrogens (tertiary/aromatic N) is 3. The smallest absolute Gasteiger partial charge is 0.226 e. The van der Waals surface area contributed by atoms with Crippen LogP contribution in [0.2, 0.25) is 5.02 Å². The van der Waals surface area contributed by atoms with Gasteiger partial charge in [0, 0.05) is 35.2 Å². The van der Waals surface area contributed by atoms with E-state index in [0.29, 0.717) is 11.7 Å². The molecule has 0 fully saturated rings. The van der Waals surface area contributed by atoms with Crippen molar-refractivity contribution < 1.29 is 4.52 Å². The Hall–Kier alpha value is -1.85. The Balaban J connectivity index is 1.41. The van der Waals surface area contributed by atoms with Crippen LogP contribution in [0.1, 0.15) is 17.9 Å². The molecule has 4 nitrogen and oxygen atoms in total. The molecule has 0 unspecified atom stereocenters. The van der Waals surface area contributed by atoms with Crippen molar-refractivity contribution >= 4 is 23.4 Å². The summed E-state index contributed by atoms with van der Waals surface area (Å²) in [7, 11) is 0.